The van der Waals surface area contributed by atoms with E-state index in [1.54, 1.807) is 26.3 Å². The average Bonchev–Trinajstić information content (AvgIpc) is 3.29. The van der Waals surface area contributed by atoms with Crippen molar-refractivity contribution >= 4 is 22.1 Å². The number of halogens is 3. The lowest BCUT2D eigenvalue weighted by molar-refractivity contribution is -0.137. The smallest absolute Gasteiger partial charge is 0.288 e. The monoisotopic (exact) mass is 435 g/mol. The molecule has 0 amide bonds. The highest BCUT2D eigenvalue weighted by Crippen LogP contribution is 2.38. The largest absolute Gasteiger partial charge is 0.416 e. The molecule has 3 heterocycles. The third kappa shape index (κ3) is 3.67. The van der Waals surface area contributed by atoms with Crippen LogP contribution in [-0.2, 0) is 29.8 Å². The van der Waals surface area contributed by atoms with Gasteiger partial charge < -0.3 is 0 Å². The van der Waals surface area contributed by atoms with E-state index < -0.39 is 21.8 Å². The number of alkyl halides is 3. The van der Waals surface area contributed by atoms with Gasteiger partial charge in [-0.15, -0.1) is 0 Å². The number of aromatic nitrogens is 3. The van der Waals surface area contributed by atoms with Crippen LogP contribution in [0.3, 0.4) is 0 Å². The van der Waals surface area contributed by atoms with Crippen molar-refractivity contribution in [3.63, 3.8) is 0 Å². The van der Waals surface area contributed by atoms with Crippen molar-refractivity contribution in [1.82, 2.24) is 14.8 Å². The molecule has 4 rings (SSSR count). The lowest BCUT2D eigenvalue weighted by Crippen LogP contribution is -2.14. The van der Waals surface area contributed by atoms with Crippen molar-refractivity contribution in [2.45, 2.75) is 24.5 Å². The first kappa shape index (κ1) is 20.1. The number of fused-ring (bicyclic) bond motifs is 1. The summed E-state index contributed by atoms with van der Waals surface area (Å²) >= 11 is 0. The Morgan fingerprint density at radius 2 is 1.93 bits per heavy atom. The van der Waals surface area contributed by atoms with Crippen LogP contribution in [0.2, 0.25) is 0 Å². The quantitative estimate of drug-likeness (QED) is 0.679. The zero-order valence-corrected chi connectivity index (χ0v) is 16.7. The maximum Gasteiger partial charge on any atom is 0.416 e. The Bertz CT molecular complexity index is 1280. The van der Waals surface area contributed by atoms with E-state index in [4.69, 9.17) is 0 Å². The molecule has 3 aromatic rings. The van der Waals surface area contributed by atoms with Gasteiger partial charge in [0.05, 0.1) is 18.3 Å². The SMILES string of the molecule is Cc1nc(NS(=O)(=O)c2cnn(C)c2)ccc1-c1cc(C(F)(F)F)cc2c1C=NC2. The maximum absolute atomic E-state index is 13.3. The number of pyridine rings is 1. The number of rotatable bonds is 4. The molecule has 0 saturated heterocycles. The van der Waals surface area contributed by atoms with E-state index in [0.717, 1.165) is 12.1 Å². The van der Waals surface area contributed by atoms with Crippen LogP contribution in [0.15, 0.2) is 46.5 Å². The molecule has 0 fully saturated rings. The van der Waals surface area contributed by atoms with Gasteiger partial charge in [-0.2, -0.15) is 18.3 Å². The number of aryl methyl sites for hydroxylation is 2. The van der Waals surface area contributed by atoms with Crippen molar-refractivity contribution in [2.24, 2.45) is 12.0 Å². The second kappa shape index (κ2) is 6.94. The first-order chi connectivity index (χ1) is 14.0. The third-order valence-electron chi connectivity index (χ3n) is 4.68. The number of benzene rings is 1. The van der Waals surface area contributed by atoms with E-state index in [2.05, 4.69) is 19.8 Å². The number of hydrogen-bond donors (Lipinski definition) is 1. The van der Waals surface area contributed by atoms with Crippen LogP contribution in [0, 0.1) is 6.92 Å². The van der Waals surface area contributed by atoms with Gasteiger partial charge in [-0.3, -0.25) is 14.4 Å². The van der Waals surface area contributed by atoms with Crippen LogP contribution < -0.4 is 4.72 Å². The Balaban J connectivity index is 1.73. The molecule has 0 atom stereocenters. The molecule has 11 heteroatoms. The molecule has 1 N–H and O–H groups in total. The Morgan fingerprint density at radius 1 is 1.17 bits per heavy atom. The minimum Gasteiger partial charge on any atom is -0.288 e. The summed E-state index contributed by atoms with van der Waals surface area (Å²) in [5.41, 5.74) is 1.53. The molecule has 7 nitrogen and oxygen atoms in total. The Hall–Kier alpha value is -3.21. The zero-order chi connectivity index (χ0) is 21.7. The molecule has 0 bridgehead atoms. The van der Waals surface area contributed by atoms with Gasteiger partial charge in [0.1, 0.15) is 10.7 Å². The first-order valence-electron chi connectivity index (χ1n) is 8.78. The van der Waals surface area contributed by atoms with Crippen molar-refractivity contribution in [1.29, 1.82) is 0 Å². The second-order valence-corrected chi connectivity index (χ2v) is 8.53. The van der Waals surface area contributed by atoms with Crippen molar-refractivity contribution in [3.8, 4) is 11.1 Å². The van der Waals surface area contributed by atoms with Crippen LogP contribution in [0.5, 0.6) is 0 Å². The molecule has 0 unspecified atom stereocenters. The number of nitrogens with one attached hydrogen (secondary N) is 1. The highest BCUT2D eigenvalue weighted by Gasteiger charge is 2.33. The fraction of sp³-hybridized carbons (Fsp3) is 0.211. The molecule has 0 spiro atoms. The summed E-state index contributed by atoms with van der Waals surface area (Å²) < 4.78 is 68.6. The van der Waals surface area contributed by atoms with E-state index in [0.29, 0.717) is 27.9 Å². The van der Waals surface area contributed by atoms with Crippen LogP contribution in [0.25, 0.3) is 11.1 Å². The minimum atomic E-state index is -4.49. The van der Waals surface area contributed by atoms with Crippen LogP contribution >= 0.6 is 0 Å². The molecule has 0 radical (unpaired) electrons. The second-order valence-electron chi connectivity index (χ2n) is 6.85. The van der Waals surface area contributed by atoms with E-state index in [-0.39, 0.29) is 17.3 Å². The van der Waals surface area contributed by atoms with Gasteiger partial charge in [0.15, 0.2) is 0 Å². The van der Waals surface area contributed by atoms with Crippen LogP contribution in [-0.4, -0.2) is 29.4 Å². The van der Waals surface area contributed by atoms with Gasteiger partial charge in [-0.1, -0.05) is 0 Å². The van der Waals surface area contributed by atoms with Crippen LogP contribution in [0.1, 0.15) is 22.4 Å². The van der Waals surface area contributed by atoms with Crippen molar-refractivity contribution in [3.05, 3.63) is 59.0 Å². The summed E-state index contributed by atoms with van der Waals surface area (Å²) in [5.74, 6) is 0.0531. The van der Waals surface area contributed by atoms with Gasteiger partial charge in [0.2, 0.25) is 0 Å². The van der Waals surface area contributed by atoms with Gasteiger partial charge in [0.25, 0.3) is 10.0 Å². The topological polar surface area (TPSA) is 89.2 Å². The summed E-state index contributed by atoms with van der Waals surface area (Å²) in [6.45, 7) is 1.79. The zero-order valence-electron chi connectivity index (χ0n) is 15.9. The molecule has 2 aromatic heterocycles. The predicted octanol–water partition coefficient (Wildman–Crippen LogP) is 3.54. The molecule has 1 aromatic carbocycles. The highest BCUT2D eigenvalue weighted by molar-refractivity contribution is 7.92. The Morgan fingerprint density at radius 3 is 2.57 bits per heavy atom. The van der Waals surface area contributed by atoms with Gasteiger partial charge >= 0.3 is 6.18 Å². The van der Waals surface area contributed by atoms with Crippen LogP contribution in [0.4, 0.5) is 19.0 Å². The number of nitrogens with zero attached hydrogens (tertiary/aromatic N) is 4. The normalized spacial score (nSPS) is 13.5. The Labute approximate surface area is 170 Å². The maximum atomic E-state index is 13.3. The summed E-state index contributed by atoms with van der Waals surface area (Å²) in [5, 5.41) is 3.83. The molecule has 156 valence electrons. The molecule has 0 saturated carbocycles. The average molecular weight is 435 g/mol. The lowest BCUT2D eigenvalue weighted by atomic mass is 9.93. The minimum absolute atomic E-state index is 0.0274. The number of hydrogen-bond acceptors (Lipinski definition) is 5. The first-order valence-corrected chi connectivity index (χ1v) is 10.3. The van der Waals surface area contributed by atoms with E-state index in [1.165, 1.54) is 23.1 Å². The standard InChI is InChI=1S/C19H16F3N5O2S/c1-11-15(16-6-13(19(20,21)22)5-12-7-23-9-17(12)16)3-4-18(25-11)26-30(28,29)14-8-24-27(2)10-14/h3-6,8-10H,7H2,1-2H3,(H,25,26). The number of sulfonamides is 1. The fourth-order valence-electron chi connectivity index (χ4n) is 3.26. The molecule has 0 aliphatic carbocycles. The predicted molar refractivity (Wildman–Crippen MR) is 105 cm³/mol. The van der Waals surface area contributed by atoms with Gasteiger partial charge in [-0.05, 0) is 42.3 Å². The van der Waals surface area contributed by atoms with Gasteiger partial charge in [-0.25, -0.2) is 13.4 Å². The third-order valence-corrected chi connectivity index (χ3v) is 5.99. The van der Waals surface area contributed by atoms with E-state index in [9.17, 15) is 21.6 Å². The fourth-order valence-corrected chi connectivity index (χ4v) is 4.24. The molecule has 1 aliphatic heterocycles. The van der Waals surface area contributed by atoms with Crippen molar-refractivity contribution < 1.29 is 21.6 Å². The number of anilines is 1. The Kier molecular flexibility index (Phi) is 4.64. The lowest BCUT2D eigenvalue weighted by Gasteiger charge is -2.15. The summed E-state index contributed by atoms with van der Waals surface area (Å²) in [6, 6.07) is 5.13. The molecular weight excluding hydrogens is 419 g/mol. The number of aliphatic imine (C=N–C) groups is 1. The summed E-state index contributed by atoms with van der Waals surface area (Å²) in [6.07, 6.45) is -0.403. The van der Waals surface area contributed by atoms with Gasteiger partial charge in [0, 0.05) is 36.3 Å². The summed E-state index contributed by atoms with van der Waals surface area (Å²) in [7, 11) is -2.30. The summed E-state index contributed by atoms with van der Waals surface area (Å²) in [4.78, 5) is 8.29. The molecule has 30 heavy (non-hydrogen) atoms. The van der Waals surface area contributed by atoms with Crippen molar-refractivity contribution in [2.75, 3.05) is 4.72 Å². The van der Waals surface area contributed by atoms with E-state index in [1.807, 2.05) is 0 Å². The highest BCUT2D eigenvalue weighted by atomic mass is 32.2. The molecule has 1 aliphatic rings. The molecular formula is C19H16F3N5O2S. The van der Waals surface area contributed by atoms with E-state index >= 15 is 0 Å².